The molecule has 5 heteroatoms. The molecule has 0 unspecified atom stereocenters. The van der Waals surface area contributed by atoms with Crippen LogP contribution in [0.5, 0.6) is 0 Å². The first-order chi connectivity index (χ1) is 8.22. The first kappa shape index (κ1) is 10.9. The van der Waals surface area contributed by atoms with Crippen molar-refractivity contribution < 1.29 is 9.59 Å². The summed E-state index contributed by atoms with van der Waals surface area (Å²) < 4.78 is 0. The normalized spacial score (nSPS) is 10.8. The van der Waals surface area contributed by atoms with Crippen LogP contribution in [-0.4, -0.2) is 12.3 Å². The zero-order chi connectivity index (χ0) is 12.3. The van der Waals surface area contributed by atoms with Gasteiger partial charge in [0.1, 0.15) is 5.69 Å². The second-order valence-corrected chi connectivity index (χ2v) is 3.38. The summed E-state index contributed by atoms with van der Waals surface area (Å²) in [6.45, 7) is 0. The molecular weight excluding hydrogens is 218 g/mol. The van der Waals surface area contributed by atoms with Crippen molar-refractivity contribution in [3.05, 3.63) is 42.0 Å². The summed E-state index contributed by atoms with van der Waals surface area (Å²) in [5.74, 6) is 0. The highest BCUT2D eigenvalue weighted by Gasteiger charge is 2.06. The average molecular weight is 227 g/mol. The number of carbonyl (C=O) groups excluding carboxylic acids is 2. The third-order valence-electron chi connectivity index (χ3n) is 2.31. The largest absolute Gasteiger partial charge is 0.356 e. The number of urea groups is 1. The van der Waals surface area contributed by atoms with Crippen molar-refractivity contribution in [2.24, 2.45) is 16.0 Å². The number of hydrogen-bond acceptors (Lipinski definition) is 3. The lowest BCUT2D eigenvalue weighted by molar-refractivity contribution is 0.112. The summed E-state index contributed by atoms with van der Waals surface area (Å²) in [6.07, 6.45) is 0.668. The third-order valence-corrected chi connectivity index (χ3v) is 2.31. The van der Waals surface area contributed by atoms with Gasteiger partial charge in [0.25, 0.3) is 0 Å². The number of fused-ring (bicyclic) bond motifs is 1. The number of benzene rings is 2. The Kier molecular flexibility index (Phi) is 2.91. The quantitative estimate of drug-likeness (QED) is 0.631. The standard InChI is InChI=1S/C12H9N3O2/c13-12(17)15-14-11-9(7-16)6-5-8-3-1-2-4-10(8)11/h1-7H,(H2,13,17). The molecular formula is C12H9N3O2. The van der Waals surface area contributed by atoms with Crippen LogP contribution in [0.25, 0.3) is 10.8 Å². The minimum absolute atomic E-state index is 0.358. The summed E-state index contributed by atoms with van der Waals surface area (Å²) >= 11 is 0. The predicted molar refractivity (Wildman–Crippen MR) is 63.4 cm³/mol. The summed E-state index contributed by atoms with van der Waals surface area (Å²) in [5, 5.41) is 8.65. The number of aldehydes is 1. The first-order valence-corrected chi connectivity index (χ1v) is 4.90. The molecule has 2 N–H and O–H groups in total. The molecule has 0 saturated heterocycles. The van der Waals surface area contributed by atoms with Crippen LogP contribution < -0.4 is 5.73 Å². The lowest BCUT2D eigenvalue weighted by Gasteiger charge is -2.03. The average Bonchev–Trinajstić information content (AvgIpc) is 2.35. The highest BCUT2D eigenvalue weighted by atomic mass is 16.2. The zero-order valence-corrected chi connectivity index (χ0v) is 8.83. The van der Waals surface area contributed by atoms with Gasteiger partial charge in [0.05, 0.1) is 0 Å². The maximum absolute atomic E-state index is 10.9. The van der Waals surface area contributed by atoms with Gasteiger partial charge >= 0.3 is 6.03 Å². The van der Waals surface area contributed by atoms with E-state index in [1.54, 1.807) is 12.1 Å². The van der Waals surface area contributed by atoms with E-state index in [9.17, 15) is 9.59 Å². The van der Waals surface area contributed by atoms with Crippen LogP contribution in [-0.2, 0) is 0 Å². The van der Waals surface area contributed by atoms with E-state index in [1.165, 1.54) is 0 Å². The smallest absolute Gasteiger partial charge is 0.348 e. The predicted octanol–water partition coefficient (Wildman–Crippen LogP) is 2.81. The van der Waals surface area contributed by atoms with Crippen LogP contribution in [0.3, 0.4) is 0 Å². The SMILES string of the molecule is NC(=O)N=Nc1c(C=O)ccc2ccccc12. The first-order valence-electron chi connectivity index (χ1n) is 4.90. The van der Waals surface area contributed by atoms with E-state index in [2.05, 4.69) is 10.2 Å². The Balaban J connectivity index is 2.71. The molecule has 0 aromatic heterocycles. The fourth-order valence-corrected chi connectivity index (χ4v) is 1.58. The Labute approximate surface area is 97.0 Å². The Hall–Kier alpha value is -2.56. The second-order valence-electron chi connectivity index (χ2n) is 3.38. The molecule has 0 aliphatic carbocycles. The molecule has 2 amide bonds. The van der Waals surface area contributed by atoms with Gasteiger partial charge < -0.3 is 5.73 Å². The molecule has 0 radical (unpaired) electrons. The minimum atomic E-state index is -0.894. The van der Waals surface area contributed by atoms with Gasteiger partial charge in [-0.05, 0) is 11.5 Å². The molecule has 0 fully saturated rings. The van der Waals surface area contributed by atoms with Crippen LogP contribution in [0.15, 0.2) is 46.6 Å². The van der Waals surface area contributed by atoms with E-state index in [0.29, 0.717) is 17.5 Å². The fraction of sp³-hybridized carbons (Fsp3) is 0. The van der Waals surface area contributed by atoms with E-state index < -0.39 is 6.03 Å². The molecule has 0 saturated carbocycles. The molecule has 0 heterocycles. The van der Waals surface area contributed by atoms with Gasteiger partial charge in [0.2, 0.25) is 0 Å². The Morgan fingerprint density at radius 2 is 1.94 bits per heavy atom. The van der Waals surface area contributed by atoms with Crippen molar-refractivity contribution in [3.8, 4) is 0 Å². The number of nitrogens with two attached hydrogens (primary N) is 1. The number of nitrogens with zero attached hydrogens (tertiary/aromatic N) is 2. The second kappa shape index (κ2) is 4.52. The molecule has 2 aromatic rings. The molecule has 0 aliphatic heterocycles. The van der Waals surface area contributed by atoms with Gasteiger partial charge in [0, 0.05) is 10.9 Å². The van der Waals surface area contributed by atoms with E-state index in [4.69, 9.17) is 5.73 Å². The highest BCUT2D eigenvalue weighted by molar-refractivity contribution is 6.00. The number of azo groups is 1. The van der Waals surface area contributed by atoms with Gasteiger partial charge in [-0.25, -0.2) is 4.79 Å². The molecule has 0 spiro atoms. The van der Waals surface area contributed by atoms with Gasteiger partial charge in [-0.1, -0.05) is 35.4 Å². The van der Waals surface area contributed by atoms with E-state index in [0.717, 1.165) is 10.8 Å². The van der Waals surface area contributed by atoms with Crippen LogP contribution >= 0.6 is 0 Å². The van der Waals surface area contributed by atoms with Crippen molar-refractivity contribution >= 4 is 28.8 Å². The summed E-state index contributed by atoms with van der Waals surface area (Å²) in [5.41, 5.74) is 5.62. The summed E-state index contributed by atoms with van der Waals surface area (Å²) in [4.78, 5) is 21.5. The molecule has 84 valence electrons. The van der Waals surface area contributed by atoms with Crippen molar-refractivity contribution in [2.75, 3.05) is 0 Å². The molecule has 0 bridgehead atoms. The highest BCUT2D eigenvalue weighted by Crippen LogP contribution is 2.29. The monoisotopic (exact) mass is 227 g/mol. The molecule has 2 rings (SSSR count). The lowest BCUT2D eigenvalue weighted by Crippen LogP contribution is -2.02. The maximum atomic E-state index is 10.9. The number of amides is 2. The molecule has 2 aromatic carbocycles. The van der Waals surface area contributed by atoms with E-state index in [-0.39, 0.29) is 0 Å². The van der Waals surface area contributed by atoms with Crippen molar-refractivity contribution in [1.82, 2.24) is 0 Å². The van der Waals surface area contributed by atoms with Gasteiger partial charge in [-0.15, -0.1) is 5.11 Å². The van der Waals surface area contributed by atoms with Crippen molar-refractivity contribution in [2.45, 2.75) is 0 Å². The van der Waals surface area contributed by atoms with Crippen molar-refractivity contribution in [3.63, 3.8) is 0 Å². The molecule has 0 atom stereocenters. The van der Waals surface area contributed by atoms with Gasteiger partial charge in [-0.3, -0.25) is 4.79 Å². The zero-order valence-electron chi connectivity index (χ0n) is 8.83. The number of carbonyl (C=O) groups is 2. The molecule has 17 heavy (non-hydrogen) atoms. The third kappa shape index (κ3) is 2.17. The Morgan fingerprint density at radius 3 is 2.65 bits per heavy atom. The number of rotatable bonds is 2. The number of primary amides is 1. The summed E-state index contributed by atoms with van der Waals surface area (Å²) in [6, 6.07) is 9.92. The van der Waals surface area contributed by atoms with Crippen molar-refractivity contribution in [1.29, 1.82) is 0 Å². The molecule has 0 aliphatic rings. The van der Waals surface area contributed by atoms with Crippen LogP contribution in [0, 0.1) is 0 Å². The van der Waals surface area contributed by atoms with Crippen LogP contribution in [0.1, 0.15) is 10.4 Å². The Bertz CT molecular complexity index is 620. The maximum Gasteiger partial charge on any atom is 0.356 e. The van der Waals surface area contributed by atoms with Crippen LogP contribution in [0.2, 0.25) is 0 Å². The van der Waals surface area contributed by atoms with Crippen LogP contribution in [0.4, 0.5) is 10.5 Å². The van der Waals surface area contributed by atoms with Gasteiger partial charge in [-0.2, -0.15) is 0 Å². The topological polar surface area (TPSA) is 84.9 Å². The van der Waals surface area contributed by atoms with E-state index in [1.807, 2.05) is 24.3 Å². The fourth-order valence-electron chi connectivity index (χ4n) is 1.58. The van der Waals surface area contributed by atoms with Gasteiger partial charge in [0.15, 0.2) is 6.29 Å². The Morgan fingerprint density at radius 1 is 1.18 bits per heavy atom. The van der Waals surface area contributed by atoms with E-state index >= 15 is 0 Å². The number of hydrogen-bond donors (Lipinski definition) is 1. The summed E-state index contributed by atoms with van der Waals surface area (Å²) in [7, 11) is 0. The lowest BCUT2D eigenvalue weighted by atomic mass is 10.1. The molecule has 5 nitrogen and oxygen atoms in total. The minimum Gasteiger partial charge on any atom is -0.348 e.